The van der Waals surface area contributed by atoms with Crippen LogP contribution in [0.25, 0.3) is 0 Å². The molecule has 0 aliphatic rings. The van der Waals surface area contributed by atoms with Crippen molar-refractivity contribution in [2.75, 3.05) is 0 Å². The van der Waals surface area contributed by atoms with Gasteiger partial charge in [-0.25, -0.2) is 9.97 Å². The summed E-state index contributed by atoms with van der Waals surface area (Å²) in [7, 11) is 0. The summed E-state index contributed by atoms with van der Waals surface area (Å²) in [4.78, 5) is 7.12. The van der Waals surface area contributed by atoms with Crippen LogP contribution in [0.5, 0.6) is 5.88 Å². The van der Waals surface area contributed by atoms with Crippen molar-refractivity contribution in [3.05, 3.63) is 18.1 Å². The topological polar surface area (TPSA) is 66.2 Å². The normalized spacial score (nSPS) is 13.0. The smallest absolute Gasteiger partial charge is 0.219 e. The van der Waals surface area contributed by atoms with Crippen LogP contribution in [0.15, 0.2) is 12.5 Å². The van der Waals surface area contributed by atoms with Crippen LogP contribution in [0.2, 0.25) is 0 Å². The summed E-state index contributed by atoms with van der Waals surface area (Å²) in [5, 5.41) is 17.9. The summed E-state index contributed by atoms with van der Waals surface area (Å²) < 4.78 is 0. The fourth-order valence-electron chi connectivity index (χ4n) is 0.629. The Bertz CT molecular complexity index is 225. The zero-order valence-corrected chi connectivity index (χ0v) is 5.52. The first kappa shape index (κ1) is 6.95. The standard InChI is InChI=1S/C6H8N2O2/c1-4(9)5-2-7-3-8-6(5)10/h2-4,9H,1H3,(H,7,8,10). The van der Waals surface area contributed by atoms with Crippen molar-refractivity contribution in [2.24, 2.45) is 0 Å². The molecule has 0 aliphatic carbocycles. The van der Waals surface area contributed by atoms with Gasteiger partial charge in [0.15, 0.2) is 0 Å². The minimum atomic E-state index is -0.721. The van der Waals surface area contributed by atoms with Gasteiger partial charge in [0.1, 0.15) is 6.33 Å². The van der Waals surface area contributed by atoms with Crippen LogP contribution < -0.4 is 0 Å². The maximum atomic E-state index is 8.97. The molecule has 54 valence electrons. The molecule has 4 heteroatoms. The fraction of sp³-hybridized carbons (Fsp3) is 0.333. The third-order valence-electron chi connectivity index (χ3n) is 1.17. The first-order chi connectivity index (χ1) is 4.72. The van der Waals surface area contributed by atoms with Gasteiger partial charge in [0.25, 0.3) is 0 Å². The number of hydrogen-bond donors (Lipinski definition) is 2. The lowest BCUT2D eigenvalue weighted by molar-refractivity contribution is 0.193. The van der Waals surface area contributed by atoms with Crippen LogP contribution in [0.3, 0.4) is 0 Å². The highest BCUT2D eigenvalue weighted by Crippen LogP contribution is 2.18. The van der Waals surface area contributed by atoms with E-state index >= 15 is 0 Å². The van der Waals surface area contributed by atoms with Crippen LogP contribution in [0, 0.1) is 0 Å². The number of aromatic hydroxyl groups is 1. The lowest BCUT2D eigenvalue weighted by Gasteiger charge is -2.03. The Morgan fingerprint density at radius 3 is 2.70 bits per heavy atom. The van der Waals surface area contributed by atoms with E-state index in [-0.39, 0.29) is 5.88 Å². The molecule has 0 aliphatic heterocycles. The lowest BCUT2D eigenvalue weighted by atomic mass is 10.2. The Balaban J connectivity index is 3.03. The summed E-state index contributed by atoms with van der Waals surface area (Å²) >= 11 is 0. The molecule has 1 atom stereocenters. The second-order valence-corrected chi connectivity index (χ2v) is 1.98. The molecule has 1 unspecified atom stereocenters. The molecule has 2 N–H and O–H groups in total. The quantitative estimate of drug-likeness (QED) is 0.586. The maximum absolute atomic E-state index is 8.97. The summed E-state index contributed by atoms with van der Waals surface area (Å²) in [6, 6.07) is 0. The molecule has 1 aromatic heterocycles. The van der Waals surface area contributed by atoms with Gasteiger partial charge in [-0.3, -0.25) is 0 Å². The Hall–Kier alpha value is -1.16. The second-order valence-electron chi connectivity index (χ2n) is 1.98. The third kappa shape index (κ3) is 1.22. The SMILES string of the molecule is CC(O)c1cncnc1O. The van der Waals surface area contributed by atoms with Crippen molar-refractivity contribution >= 4 is 0 Å². The number of rotatable bonds is 1. The Kier molecular flexibility index (Phi) is 1.82. The van der Waals surface area contributed by atoms with Crippen molar-refractivity contribution < 1.29 is 10.2 Å². The largest absolute Gasteiger partial charge is 0.493 e. The first-order valence-corrected chi connectivity index (χ1v) is 2.88. The van der Waals surface area contributed by atoms with Gasteiger partial charge in [0.05, 0.1) is 11.7 Å². The van der Waals surface area contributed by atoms with E-state index in [0.29, 0.717) is 5.56 Å². The average Bonchev–Trinajstić information content (AvgIpc) is 1.88. The summed E-state index contributed by atoms with van der Waals surface area (Å²) in [5.41, 5.74) is 0.350. The van der Waals surface area contributed by atoms with Gasteiger partial charge in [-0.2, -0.15) is 0 Å². The van der Waals surface area contributed by atoms with Gasteiger partial charge in [0.2, 0.25) is 5.88 Å². The number of hydrogen-bond acceptors (Lipinski definition) is 4. The number of aromatic nitrogens is 2. The van der Waals surface area contributed by atoms with E-state index < -0.39 is 6.10 Å². The van der Waals surface area contributed by atoms with Crippen LogP contribution >= 0.6 is 0 Å². The van der Waals surface area contributed by atoms with Crippen LogP contribution in [0.1, 0.15) is 18.6 Å². The molecule has 0 bridgehead atoms. The van der Waals surface area contributed by atoms with Crippen LogP contribution in [-0.4, -0.2) is 20.2 Å². The zero-order chi connectivity index (χ0) is 7.56. The highest BCUT2D eigenvalue weighted by Gasteiger charge is 2.06. The van der Waals surface area contributed by atoms with Crippen molar-refractivity contribution in [2.45, 2.75) is 13.0 Å². The maximum Gasteiger partial charge on any atom is 0.219 e. The van der Waals surface area contributed by atoms with E-state index in [1.165, 1.54) is 12.5 Å². The molecule has 0 aromatic carbocycles. The molecule has 1 rings (SSSR count). The van der Waals surface area contributed by atoms with Gasteiger partial charge in [0, 0.05) is 6.20 Å². The number of nitrogens with zero attached hydrogens (tertiary/aromatic N) is 2. The van der Waals surface area contributed by atoms with E-state index in [1.54, 1.807) is 6.92 Å². The van der Waals surface area contributed by atoms with Crippen LogP contribution in [-0.2, 0) is 0 Å². The monoisotopic (exact) mass is 140 g/mol. The summed E-state index contributed by atoms with van der Waals surface area (Å²) in [5.74, 6) is -0.162. The fourth-order valence-corrected chi connectivity index (χ4v) is 0.629. The molecule has 0 saturated heterocycles. The predicted octanol–water partition coefficient (Wildman–Crippen LogP) is 0.235. The van der Waals surface area contributed by atoms with E-state index in [2.05, 4.69) is 9.97 Å². The Morgan fingerprint density at radius 1 is 1.60 bits per heavy atom. The third-order valence-corrected chi connectivity index (χ3v) is 1.17. The van der Waals surface area contributed by atoms with Crippen molar-refractivity contribution in [1.82, 2.24) is 9.97 Å². The van der Waals surface area contributed by atoms with E-state index in [0.717, 1.165) is 0 Å². The molecule has 0 spiro atoms. The molecule has 0 radical (unpaired) electrons. The molecule has 0 amide bonds. The Morgan fingerprint density at radius 2 is 2.30 bits per heavy atom. The Labute approximate surface area is 58.2 Å². The highest BCUT2D eigenvalue weighted by molar-refractivity contribution is 5.22. The number of aliphatic hydroxyl groups excluding tert-OH is 1. The average molecular weight is 140 g/mol. The van der Waals surface area contributed by atoms with E-state index in [9.17, 15) is 0 Å². The lowest BCUT2D eigenvalue weighted by Crippen LogP contribution is -1.93. The molecule has 0 saturated carbocycles. The van der Waals surface area contributed by atoms with E-state index in [1.807, 2.05) is 0 Å². The highest BCUT2D eigenvalue weighted by atomic mass is 16.3. The molecule has 0 fully saturated rings. The second kappa shape index (κ2) is 2.62. The van der Waals surface area contributed by atoms with Crippen molar-refractivity contribution in [3.63, 3.8) is 0 Å². The zero-order valence-electron chi connectivity index (χ0n) is 5.52. The predicted molar refractivity (Wildman–Crippen MR) is 34.3 cm³/mol. The van der Waals surface area contributed by atoms with Gasteiger partial charge >= 0.3 is 0 Å². The van der Waals surface area contributed by atoms with Gasteiger partial charge in [-0.05, 0) is 6.92 Å². The molecular formula is C6H8N2O2. The minimum Gasteiger partial charge on any atom is -0.493 e. The molecule has 10 heavy (non-hydrogen) atoms. The van der Waals surface area contributed by atoms with Crippen LogP contribution in [0.4, 0.5) is 0 Å². The van der Waals surface area contributed by atoms with Gasteiger partial charge in [-0.15, -0.1) is 0 Å². The minimum absolute atomic E-state index is 0.162. The van der Waals surface area contributed by atoms with Gasteiger partial charge < -0.3 is 10.2 Å². The van der Waals surface area contributed by atoms with Crippen molar-refractivity contribution in [3.8, 4) is 5.88 Å². The molecule has 1 heterocycles. The van der Waals surface area contributed by atoms with E-state index in [4.69, 9.17) is 10.2 Å². The number of aliphatic hydroxyl groups is 1. The molecule has 1 aromatic rings. The first-order valence-electron chi connectivity index (χ1n) is 2.88. The molecular weight excluding hydrogens is 132 g/mol. The van der Waals surface area contributed by atoms with Gasteiger partial charge in [-0.1, -0.05) is 0 Å². The molecule has 4 nitrogen and oxygen atoms in total. The summed E-state index contributed by atoms with van der Waals surface area (Å²) in [6.45, 7) is 1.54. The summed E-state index contributed by atoms with van der Waals surface area (Å²) in [6.07, 6.45) is 1.88. The van der Waals surface area contributed by atoms with Crippen molar-refractivity contribution in [1.29, 1.82) is 0 Å².